The predicted molar refractivity (Wildman–Crippen MR) is 76.8 cm³/mol. The van der Waals surface area contributed by atoms with Crippen LogP contribution in [0.5, 0.6) is 5.75 Å². The SMILES string of the molecule is COc1cc(C)c(N(C)CCCCO)c(C)c1C. The number of nitrogens with zero attached hydrogens (tertiary/aromatic N) is 1. The Bertz CT molecular complexity index is 402. The second kappa shape index (κ2) is 6.64. The molecule has 18 heavy (non-hydrogen) atoms. The normalized spacial score (nSPS) is 10.6. The standard InChI is InChI=1S/C15H25NO2/c1-11-10-14(18-5)12(2)13(3)15(11)16(4)8-6-7-9-17/h10,17H,6-9H2,1-5H3. The molecule has 102 valence electrons. The highest BCUT2D eigenvalue weighted by molar-refractivity contribution is 5.64. The first-order valence-corrected chi connectivity index (χ1v) is 6.49. The maximum Gasteiger partial charge on any atom is 0.122 e. The third-order valence-corrected chi connectivity index (χ3v) is 3.51. The van der Waals surface area contributed by atoms with Crippen LogP contribution in [-0.2, 0) is 0 Å². The summed E-state index contributed by atoms with van der Waals surface area (Å²) in [5.41, 5.74) is 5.00. The number of methoxy groups -OCH3 is 1. The van der Waals surface area contributed by atoms with Gasteiger partial charge in [0, 0.05) is 25.9 Å². The lowest BCUT2D eigenvalue weighted by Gasteiger charge is -2.25. The highest BCUT2D eigenvalue weighted by Gasteiger charge is 2.13. The smallest absolute Gasteiger partial charge is 0.122 e. The van der Waals surface area contributed by atoms with E-state index in [9.17, 15) is 0 Å². The van der Waals surface area contributed by atoms with E-state index in [2.05, 4.69) is 38.8 Å². The fourth-order valence-corrected chi connectivity index (χ4v) is 2.40. The Balaban J connectivity index is 2.98. The Hall–Kier alpha value is -1.22. The van der Waals surface area contributed by atoms with Crippen molar-refractivity contribution in [2.75, 3.05) is 32.2 Å². The maximum absolute atomic E-state index is 8.84. The Morgan fingerprint density at radius 1 is 1.17 bits per heavy atom. The number of hydrogen-bond acceptors (Lipinski definition) is 3. The molecule has 0 heterocycles. The van der Waals surface area contributed by atoms with Gasteiger partial charge in [0.25, 0.3) is 0 Å². The molecular weight excluding hydrogens is 226 g/mol. The topological polar surface area (TPSA) is 32.7 Å². The first kappa shape index (κ1) is 14.8. The molecule has 0 radical (unpaired) electrons. The van der Waals surface area contributed by atoms with E-state index in [0.29, 0.717) is 0 Å². The van der Waals surface area contributed by atoms with E-state index in [1.165, 1.54) is 22.4 Å². The number of benzene rings is 1. The van der Waals surface area contributed by atoms with Gasteiger partial charge in [-0.2, -0.15) is 0 Å². The van der Waals surface area contributed by atoms with Gasteiger partial charge in [-0.05, 0) is 56.4 Å². The molecule has 0 saturated heterocycles. The van der Waals surface area contributed by atoms with Gasteiger partial charge in [-0.3, -0.25) is 0 Å². The number of unbranched alkanes of at least 4 members (excludes halogenated alkanes) is 1. The summed E-state index contributed by atoms with van der Waals surface area (Å²) in [6, 6.07) is 2.10. The van der Waals surface area contributed by atoms with E-state index in [-0.39, 0.29) is 6.61 Å². The Labute approximate surface area is 110 Å². The van der Waals surface area contributed by atoms with Crippen molar-refractivity contribution < 1.29 is 9.84 Å². The van der Waals surface area contributed by atoms with Gasteiger partial charge in [-0.1, -0.05) is 0 Å². The summed E-state index contributed by atoms with van der Waals surface area (Å²) in [4.78, 5) is 2.27. The number of ether oxygens (including phenoxy) is 1. The zero-order valence-corrected chi connectivity index (χ0v) is 12.2. The molecule has 3 nitrogen and oxygen atoms in total. The number of rotatable bonds is 6. The summed E-state index contributed by atoms with van der Waals surface area (Å²) in [6.07, 6.45) is 1.87. The summed E-state index contributed by atoms with van der Waals surface area (Å²) in [7, 11) is 3.82. The Morgan fingerprint density at radius 3 is 2.39 bits per heavy atom. The van der Waals surface area contributed by atoms with Crippen LogP contribution in [0.3, 0.4) is 0 Å². The molecule has 0 unspecified atom stereocenters. The highest BCUT2D eigenvalue weighted by atomic mass is 16.5. The first-order valence-electron chi connectivity index (χ1n) is 6.49. The van der Waals surface area contributed by atoms with Gasteiger partial charge in [0.05, 0.1) is 7.11 Å². The highest BCUT2D eigenvalue weighted by Crippen LogP contribution is 2.33. The number of anilines is 1. The van der Waals surface area contributed by atoms with Gasteiger partial charge in [-0.25, -0.2) is 0 Å². The quantitative estimate of drug-likeness (QED) is 0.789. The molecule has 0 saturated carbocycles. The number of aliphatic hydroxyl groups is 1. The molecule has 0 spiro atoms. The second-order valence-electron chi connectivity index (χ2n) is 4.85. The molecule has 1 rings (SSSR count). The number of aryl methyl sites for hydroxylation is 1. The molecule has 1 aromatic rings. The van der Waals surface area contributed by atoms with Crippen molar-refractivity contribution in [2.45, 2.75) is 33.6 Å². The van der Waals surface area contributed by atoms with Gasteiger partial charge in [0.15, 0.2) is 0 Å². The van der Waals surface area contributed by atoms with Crippen LogP contribution >= 0.6 is 0 Å². The molecule has 1 N–H and O–H groups in total. The third-order valence-electron chi connectivity index (χ3n) is 3.51. The zero-order valence-electron chi connectivity index (χ0n) is 12.2. The van der Waals surface area contributed by atoms with Crippen molar-refractivity contribution in [1.29, 1.82) is 0 Å². The lowest BCUT2D eigenvalue weighted by atomic mass is 10.0. The van der Waals surface area contributed by atoms with Crippen LogP contribution in [0.1, 0.15) is 29.5 Å². The monoisotopic (exact) mass is 251 g/mol. The molecule has 0 aliphatic carbocycles. The molecule has 0 atom stereocenters. The Morgan fingerprint density at radius 2 is 1.83 bits per heavy atom. The molecule has 0 aliphatic rings. The van der Waals surface area contributed by atoms with Gasteiger partial charge in [-0.15, -0.1) is 0 Å². The van der Waals surface area contributed by atoms with Crippen LogP contribution in [0.25, 0.3) is 0 Å². The summed E-state index contributed by atoms with van der Waals surface area (Å²) in [6.45, 7) is 7.59. The molecule has 0 bridgehead atoms. The average Bonchev–Trinajstić information content (AvgIpc) is 2.34. The van der Waals surface area contributed by atoms with Crippen LogP contribution < -0.4 is 9.64 Å². The Kier molecular flexibility index (Phi) is 5.48. The van der Waals surface area contributed by atoms with Crippen LogP contribution in [0.2, 0.25) is 0 Å². The first-order chi connectivity index (χ1) is 8.52. The van der Waals surface area contributed by atoms with E-state index in [1.54, 1.807) is 7.11 Å². The zero-order chi connectivity index (χ0) is 13.7. The molecule has 0 fully saturated rings. The van der Waals surface area contributed by atoms with Crippen molar-refractivity contribution in [2.24, 2.45) is 0 Å². The third kappa shape index (κ3) is 3.16. The van der Waals surface area contributed by atoms with Gasteiger partial charge < -0.3 is 14.7 Å². The van der Waals surface area contributed by atoms with Crippen LogP contribution in [0.4, 0.5) is 5.69 Å². The van der Waals surface area contributed by atoms with E-state index in [4.69, 9.17) is 9.84 Å². The minimum atomic E-state index is 0.271. The fourth-order valence-electron chi connectivity index (χ4n) is 2.40. The lowest BCUT2D eigenvalue weighted by molar-refractivity contribution is 0.285. The molecule has 3 heteroatoms. The molecule has 1 aromatic carbocycles. The van der Waals surface area contributed by atoms with Crippen molar-refractivity contribution >= 4 is 5.69 Å². The van der Waals surface area contributed by atoms with Crippen molar-refractivity contribution in [1.82, 2.24) is 0 Å². The predicted octanol–water partition coefficient (Wildman–Crippen LogP) is 2.83. The molecular formula is C15H25NO2. The number of aliphatic hydroxyl groups excluding tert-OH is 1. The van der Waals surface area contributed by atoms with E-state index in [1.807, 2.05) is 0 Å². The molecule has 0 amide bonds. The molecule has 0 aromatic heterocycles. The van der Waals surface area contributed by atoms with Crippen molar-refractivity contribution in [3.05, 3.63) is 22.8 Å². The minimum Gasteiger partial charge on any atom is -0.496 e. The van der Waals surface area contributed by atoms with Crippen molar-refractivity contribution in [3.63, 3.8) is 0 Å². The van der Waals surface area contributed by atoms with Gasteiger partial charge >= 0.3 is 0 Å². The van der Waals surface area contributed by atoms with Crippen LogP contribution in [0, 0.1) is 20.8 Å². The van der Waals surface area contributed by atoms with E-state index >= 15 is 0 Å². The maximum atomic E-state index is 8.84. The largest absolute Gasteiger partial charge is 0.496 e. The van der Waals surface area contributed by atoms with Gasteiger partial charge in [0.1, 0.15) is 5.75 Å². The number of hydrogen-bond donors (Lipinski definition) is 1. The lowest BCUT2D eigenvalue weighted by Crippen LogP contribution is -2.21. The summed E-state index contributed by atoms with van der Waals surface area (Å²) < 4.78 is 5.39. The van der Waals surface area contributed by atoms with Gasteiger partial charge in [0.2, 0.25) is 0 Å². The fraction of sp³-hybridized carbons (Fsp3) is 0.600. The van der Waals surface area contributed by atoms with Crippen LogP contribution in [0.15, 0.2) is 6.07 Å². The minimum absolute atomic E-state index is 0.271. The van der Waals surface area contributed by atoms with E-state index in [0.717, 1.165) is 25.1 Å². The van der Waals surface area contributed by atoms with Crippen LogP contribution in [-0.4, -0.2) is 32.4 Å². The second-order valence-corrected chi connectivity index (χ2v) is 4.85. The van der Waals surface area contributed by atoms with Crippen molar-refractivity contribution in [3.8, 4) is 5.75 Å². The summed E-state index contributed by atoms with van der Waals surface area (Å²) in [5, 5.41) is 8.84. The molecule has 0 aliphatic heterocycles. The summed E-state index contributed by atoms with van der Waals surface area (Å²) >= 11 is 0. The summed E-state index contributed by atoms with van der Waals surface area (Å²) in [5.74, 6) is 0.956. The van der Waals surface area contributed by atoms with E-state index < -0.39 is 0 Å². The average molecular weight is 251 g/mol.